The molecule has 0 fully saturated rings. The minimum absolute atomic E-state index is 0.0125. The molecular weight excluding hydrogens is 306 g/mol. The van der Waals surface area contributed by atoms with E-state index in [0.717, 1.165) is 17.4 Å². The fraction of sp³-hybridized carbons (Fsp3) is 0.533. The molecule has 0 saturated heterocycles. The summed E-state index contributed by atoms with van der Waals surface area (Å²) in [5.41, 5.74) is 1.16. The summed E-state index contributed by atoms with van der Waals surface area (Å²) in [6.45, 7) is 5.77. The lowest BCUT2D eigenvalue weighted by molar-refractivity contribution is 0.0528. The number of amides is 1. The second-order valence-corrected chi connectivity index (χ2v) is 7.56. The van der Waals surface area contributed by atoms with Crippen LogP contribution in [0.4, 0.5) is 4.79 Å². The molecule has 1 aromatic carbocycles. The van der Waals surface area contributed by atoms with E-state index >= 15 is 0 Å². The number of rotatable bonds is 6. The van der Waals surface area contributed by atoms with Gasteiger partial charge in [0.15, 0.2) is 0 Å². The van der Waals surface area contributed by atoms with Crippen molar-refractivity contribution < 1.29 is 22.1 Å². The number of carbonyl (C=O) groups is 1. The average molecular weight is 329 g/mol. The Morgan fingerprint density at radius 3 is 2.32 bits per heavy atom. The molecular formula is C15H23NO5S. The van der Waals surface area contributed by atoms with Gasteiger partial charge in [-0.3, -0.25) is 4.18 Å². The summed E-state index contributed by atoms with van der Waals surface area (Å²) in [6, 6.07) is 7.34. The molecule has 0 aliphatic rings. The van der Waals surface area contributed by atoms with Crippen molar-refractivity contribution in [3.8, 4) is 0 Å². The Bertz CT molecular complexity index is 605. The Morgan fingerprint density at radius 1 is 1.18 bits per heavy atom. The van der Waals surface area contributed by atoms with E-state index in [4.69, 9.17) is 8.92 Å². The molecule has 7 heteroatoms. The van der Waals surface area contributed by atoms with Gasteiger partial charge in [0.1, 0.15) is 5.60 Å². The Labute approximate surface area is 131 Å². The number of hydrogen-bond donors (Lipinski definition) is 1. The summed E-state index contributed by atoms with van der Waals surface area (Å²) in [5.74, 6) is 0. The fourth-order valence-corrected chi connectivity index (χ4v) is 2.07. The zero-order valence-electron chi connectivity index (χ0n) is 13.4. The van der Waals surface area contributed by atoms with E-state index in [-0.39, 0.29) is 6.61 Å². The van der Waals surface area contributed by atoms with Crippen LogP contribution >= 0.6 is 0 Å². The van der Waals surface area contributed by atoms with Crippen molar-refractivity contribution in [3.63, 3.8) is 0 Å². The van der Waals surface area contributed by atoms with E-state index in [1.54, 1.807) is 26.8 Å². The van der Waals surface area contributed by atoms with E-state index in [1.807, 2.05) is 18.2 Å². The molecule has 1 rings (SSSR count). The number of ether oxygens (including phenoxy) is 1. The third-order valence-electron chi connectivity index (χ3n) is 2.61. The minimum Gasteiger partial charge on any atom is -0.444 e. The first-order chi connectivity index (χ1) is 10.1. The van der Waals surface area contributed by atoms with Crippen molar-refractivity contribution in [2.75, 3.05) is 12.8 Å². The van der Waals surface area contributed by atoms with Gasteiger partial charge in [-0.2, -0.15) is 8.42 Å². The molecule has 0 unspecified atom stereocenters. The highest BCUT2D eigenvalue weighted by Gasteiger charge is 2.15. The van der Waals surface area contributed by atoms with Crippen LogP contribution in [-0.2, 0) is 32.1 Å². The van der Waals surface area contributed by atoms with Gasteiger partial charge >= 0.3 is 6.09 Å². The third kappa shape index (κ3) is 7.99. The molecule has 0 atom stereocenters. The molecule has 0 aliphatic carbocycles. The maximum atomic E-state index is 11.6. The van der Waals surface area contributed by atoms with Crippen molar-refractivity contribution >= 4 is 16.2 Å². The predicted molar refractivity (Wildman–Crippen MR) is 84.0 cm³/mol. The van der Waals surface area contributed by atoms with E-state index in [1.165, 1.54) is 0 Å². The van der Waals surface area contributed by atoms with Crippen LogP contribution in [0.15, 0.2) is 24.3 Å². The number of carbonyl (C=O) groups excluding carboxylic acids is 1. The molecule has 1 N–H and O–H groups in total. The standard InChI is InChI=1S/C15H23NO5S/c1-15(2,3)21-14(17)16-10-9-12-7-5-6-8-13(12)11-20-22(4,18)19/h5-8H,9-11H2,1-4H3,(H,16,17). The molecule has 0 heterocycles. The normalized spacial score (nSPS) is 12.0. The highest BCUT2D eigenvalue weighted by atomic mass is 32.2. The molecule has 22 heavy (non-hydrogen) atoms. The Morgan fingerprint density at radius 2 is 1.77 bits per heavy atom. The Balaban J connectivity index is 2.54. The highest BCUT2D eigenvalue weighted by Crippen LogP contribution is 2.12. The van der Waals surface area contributed by atoms with Crippen molar-refractivity contribution in [2.24, 2.45) is 0 Å². The number of nitrogens with one attached hydrogen (secondary N) is 1. The Kier molecular flexibility index (Phi) is 6.37. The minimum atomic E-state index is -3.48. The monoisotopic (exact) mass is 329 g/mol. The summed E-state index contributed by atoms with van der Waals surface area (Å²) in [6.07, 6.45) is 1.10. The van der Waals surface area contributed by atoms with Gasteiger partial charge in [-0.15, -0.1) is 0 Å². The first-order valence-electron chi connectivity index (χ1n) is 6.95. The first kappa shape index (κ1) is 18.4. The maximum absolute atomic E-state index is 11.6. The lowest BCUT2D eigenvalue weighted by Crippen LogP contribution is -2.33. The van der Waals surface area contributed by atoms with E-state index in [2.05, 4.69) is 5.32 Å². The van der Waals surface area contributed by atoms with Crippen LogP contribution in [-0.4, -0.2) is 32.9 Å². The summed E-state index contributed by atoms with van der Waals surface area (Å²) in [4.78, 5) is 11.6. The summed E-state index contributed by atoms with van der Waals surface area (Å²) >= 11 is 0. The van der Waals surface area contributed by atoms with Gasteiger partial charge < -0.3 is 10.1 Å². The third-order valence-corrected chi connectivity index (χ3v) is 3.16. The lowest BCUT2D eigenvalue weighted by Gasteiger charge is -2.19. The molecule has 0 saturated carbocycles. The highest BCUT2D eigenvalue weighted by molar-refractivity contribution is 7.85. The van der Waals surface area contributed by atoms with Crippen molar-refractivity contribution in [1.29, 1.82) is 0 Å². The molecule has 0 aromatic heterocycles. The van der Waals surface area contributed by atoms with Gasteiger partial charge in [0, 0.05) is 6.54 Å². The second kappa shape index (κ2) is 7.60. The molecule has 0 radical (unpaired) electrons. The Hall–Kier alpha value is -1.60. The average Bonchev–Trinajstić information content (AvgIpc) is 2.34. The van der Waals surface area contributed by atoms with Gasteiger partial charge in [0.05, 0.1) is 12.9 Å². The lowest BCUT2D eigenvalue weighted by atomic mass is 10.1. The van der Waals surface area contributed by atoms with E-state index < -0.39 is 21.8 Å². The van der Waals surface area contributed by atoms with Crippen LogP contribution in [0.5, 0.6) is 0 Å². The molecule has 1 amide bonds. The van der Waals surface area contributed by atoms with Crippen LogP contribution in [0.1, 0.15) is 31.9 Å². The second-order valence-electron chi connectivity index (χ2n) is 5.91. The smallest absolute Gasteiger partial charge is 0.407 e. The number of hydrogen-bond acceptors (Lipinski definition) is 5. The first-order valence-corrected chi connectivity index (χ1v) is 8.76. The van der Waals surface area contributed by atoms with Crippen LogP contribution in [0.3, 0.4) is 0 Å². The van der Waals surface area contributed by atoms with Gasteiger partial charge in [-0.25, -0.2) is 4.79 Å². The molecule has 124 valence electrons. The fourth-order valence-electron chi connectivity index (χ4n) is 1.73. The van der Waals surface area contributed by atoms with Gasteiger partial charge in [-0.05, 0) is 38.3 Å². The molecule has 0 aliphatic heterocycles. The topological polar surface area (TPSA) is 81.7 Å². The van der Waals surface area contributed by atoms with Crippen LogP contribution < -0.4 is 5.32 Å². The zero-order chi connectivity index (χ0) is 16.8. The molecule has 0 bridgehead atoms. The van der Waals surface area contributed by atoms with Crippen molar-refractivity contribution in [1.82, 2.24) is 5.32 Å². The van der Waals surface area contributed by atoms with E-state index in [9.17, 15) is 13.2 Å². The van der Waals surface area contributed by atoms with E-state index in [0.29, 0.717) is 13.0 Å². The zero-order valence-corrected chi connectivity index (χ0v) is 14.2. The predicted octanol–water partition coefficient (Wildman–Crippen LogP) is 2.23. The van der Waals surface area contributed by atoms with Crippen LogP contribution in [0.25, 0.3) is 0 Å². The van der Waals surface area contributed by atoms with Crippen molar-refractivity contribution in [3.05, 3.63) is 35.4 Å². The van der Waals surface area contributed by atoms with Crippen molar-refractivity contribution in [2.45, 2.75) is 39.4 Å². The largest absolute Gasteiger partial charge is 0.444 e. The quantitative estimate of drug-likeness (QED) is 0.809. The maximum Gasteiger partial charge on any atom is 0.407 e. The summed E-state index contributed by atoms with van der Waals surface area (Å²) in [5, 5.41) is 2.67. The molecule has 1 aromatic rings. The van der Waals surface area contributed by atoms with Gasteiger partial charge in [0.25, 0.3) is 10.1 Å². The summed E-state index contributed by atoms with van der Waals surface area (Å²) in [7, 11) is -3.48. The molecule has 0 spiro atoms. The van der Waals surface area contributed by atoms with Gasteiger partial charge in [-0.1, -0.05) is 24.3 Å². The number of benzene rings is 1. The number of alkyl carbamates (subject to hydrolysis) is 1. The SMILES string of the molecule is CC(C)(C)OC(=O)NCCc1ccccc1COS(C)(=O)=O. The molecule has 6 nitrogen and oxygen atoms in total. The van der Waals surface area contributed by atoms with Crippen LogP contribution in [0, 0.1) is 0 Å². The van der Waals surface area contributed by atoms with Crippen LogP contribution in [0.2, 0.25) is 0 Å². The summed E-state index contributed by atoms with van der Waals surface area (Å²) < 4.78 is 32.1. The van der Waals surface area contributed by atoms with Gasteiger partial charge in [0.2, 0.25) is 0 Å².